The predicted molar refractivity (Wildman–Crippen MR) is 87.1 cm³/mol. The van der Waals surface area contributed by atoms with E-state index in [2.05, 4.69) is 0 Å². The van der Waals surface area contributed by atoms with Gasteiger partial charge >= 0.3 is 6.18 Å². The molecule has 1 aliphatic heterocycles. The highest BCUT2D eigenvalue weighted by Crippen LogP contribution is 2.39. The number of nitrogens with one attached hydrogen (secondary N) is 1. The molecule has 11 heteroatoms. The summed E-state index contributed by atoms with van der Waals surface area (Å²) in [5.41, 5.74) is 0.0671. The number of nitro benzene ring substituents is 1. The first-order chi connectivity index (χ1) is 11.6. The fraction of sp³-hybridized carbons (Fsp3) is 0.500. The first kappa shape index (κ1) is 19.6. The number of halogens is 5. The molecule has 6 nitrogen and oxygen atoms in total. The van der Waals surface area contributed by atoms with E-state index in [1.54, 1.807) is 4.90 Å². The van der Waals surface area contributed by atoms with Gasteiger partial charge in [-0.2, -0.15) is 13.2 Å². The van der Waals surface area contributed by atoms with E-state index in [0.717, 1.165) is 12.1 Å². The Kier molecular flexibility index (Phi) is 5.99. The van der Waals surface area contributed by atoms with Crippen molar-refractivity contribution in [1.29, 1.82) is 0 Å². The molecule has 0 spiro atoms. The second kappa shape index (κ2) is 7.65. The number of alkyl halides is 3. The lowest BCUT2D eigenvalue weighted by molar-refractivity contribution is -0.384. The number of rotatable bonds is 4. The van der Waals surface area contributed by atoms with Crippen LogP contribution in [0, 0.1) is 16.0 Å². The van der Waals surface area contributed by atoms with E-state index in [9.17, 15) is 28.1 Å². The Labute approximate surface area is 151 Å². The van der Waals surface area contributed by atoms with Gasteiger partial charge in [0.25, 0.3) is 5.69 Å². The standard InChI is InChI=1S/C14H14Cl2F3N3O3/c15-10-4-9(22(24)25)5-11(16)12(10)21-3-1-2-8(6-21)13(23)20-7-14(17,18)19/h4-5,8H,1-3,6-7H2,(H,20,23). The van der Waals surface area contributed by atoms with Crippen LogP contribution in [0.5, 0.6) is 0 Å². The Balaban J connectivity index is 2.13. The molecular weight excluding hydrogens is 386 g/mol. The van der Waals surface area contributed by atoms with Gasteiger partial charge in [-0.05, 0) is 12.8 Å². The molecule has 1 aliphatic rings. The summed E-state index contributed by atoms with van der Waals surface area (Å²) in [6.07, 6.45) is -3.49. The minimum Gasteiger partial charge on any atom is -0.368 e. The van der Waals surface area contributed by atoms with Crippen molar-refractivity contribution in [3.63, 3.8) is 0 Å². The first-order valence-electron chi connectivity index (χ1n) is 7.31. The lowest BCUT2D eigenvalue weighted by atomic mass is 9.96. The lowest BCUT2D eigenvalue weighted by Gasteiger charge is -2.34. The molecule has 0 saturated carbocycles. The van der Waals surface area contributed by atoms with Gasteiger partial charge in [-0.3, -0.25) is 14.9 Å². The molecule has 1 heterocycles. The molecule has 1 fully saturated rings. The molecule has 25 heavy (non-hydrogen) atoms. The average Bonchev–Trinajstić information content (AvgIpc) is 2.51. The Hall–Kier alpha value is -1.74. The highest BCUT2D eigenvalue weighted by molar-refractivity contribution is 6.39. The Morgan fingerprint density at radius 1 is 1.36 bits per heavy atom. The van der Waals surface area contributed by atoms with E-state index in [1.807, 2.05) is 5.32 Å². The van der Waals surface area contributed by atoms with Crippen molar-refractivity contribution in [3.8, 4) is 0 Å². The monoisotopic (exact) mass is 399 g/mol. The van der Waals surface area contributed by atoms with Gasteiger partial charge in [0.05, 0.1) is 26.6 Å². The maximum absolute atomic E-state index is 12.2. The minimum absolute atomic E-state index is 0.0514. The van der Waals surface area contributed by atoms with E-state index in [1.165, 1.54) is 0 Å². The molecule has 1 atom stereocenters. The molecule has 0 aromatic heterocycles. The van der Waals surface area contributed by atoms with Crippen LogP contribution in [0.3, 0.4) is 0 Å². The second-order valence-corrected chi connectivity index (χ2v) is 6.45. The number of nitro groups is 1. The Morgan fingerprint density at radius 2 is 1.96 bits per heavy atom. The van der Waals surface area contributed by atoms with E-state index in [0.29, 0.717) is 25.1 Å². The molecular formula is C14H14Cl2F3N3O3. The summed E-state index contributed by atoms with van der Waals surface area (Å²) in [7, 11) is 0. The maximum Gasteiger partial charge on any atom is 0.405 e. The molecule has 1 amide bonds. The van der Waals surface area contributed by atoms with Crippen molar-refractivity contribution in [2.45, 2.75) is 19.0 Å². The molecule has 1 aromatic carbocycles. The van der Waals surface area contributed by atoms with Gasteiger partial charge in [-0.1, -0.05) is 23.2 Å². The predicted octanol–water partition coefficient (Wildman–Crippen LogP) is 3.80. The number of hydrogen-bond acceptors (Lipinski definition) is 4. The number of anilines is 1. The molecule has 1 aromatic rings. The van der Waals surface area contributed by atoms with Gasteiger partial charge in [0.2, 0.25) is 5.91 Å². The van der Waals surface area contributed by atoms with Gasteiger partial charge in [0.1, 0.15) is 6.54 Å². The third-order valence-corrected chi connectivity index (χ3v) is 4.36. The third kappa shape index (κ3) is 5.12. The first-order valence-corrected chi connectivity index (χ1v) is 8.07. The minimum atomic E-state index is -4.48. The van der Waals surface area contributed by atoms with Crippen molar-refractivity contribution in [2.75, 3.05) is 24.5 Å². The van der Waals surface area contributed by atoms with Crippen LogP contribution in [0.4, 0.5) is 24.5 Å². The van der Waals surface area contributed by atoms with Gasteiger partial charge < -0.3 is 10.2 Å². The largest absolute Gasteiger partial charge is 0.405 e. The van der Waals surface area contributed by atoms with Crippen molar-refractivity contribution in [1.82, 2.24) is 5.32 Å². The summed E-state index contributed by atoms with van der Waals surface area (Å²) >= 11 is 12.2. The number of nitrogens with zero attached hydrogens (tertiary/aromatic N) is 2. The molecule has 0 aliphatic carbocycles. The second-order valence-electron chi connectivity index (χ2n) is 5.63. The Bertz CT molecular complexity index is 662. The average molecular weight is 400 g/mol. The normalized spacial score (nSPS) is 18.1. The Morgan fingerprint density at radius 3 is 2.48 bits per heavy atom. The highest BCUT2D eigenvalue weighted by atomic mass is 35.5. The van der Waals surface area contributed by atoms with E-state index in [4.69, 9.17) is 23.2 Å². The van der Waals surface area contributed by atoms with E-state index in [-0.39, 0.29) is 22.3 Å². The van der Waals surface area contributed by atoms with Crippen LogP contribution in [-0.2, 0) is 4.79 Å². The number of hydrogen-bond donors (Lipinski definition) is 1. The number of carbonyl (C=O) groups is 1. The van der Waals surface area contributed by atoms with Crippen molar-refractivity contribution < 1.29 is 22.9 Å². The number of carbonyl (C=O) groups excluding carboxylic acids is 1. The maximum atomic E-state index is 12.2. The molecule has 1 unspecified atom stereocenters. The summed E-state index contributed by atoms with van der Waals surface area (Å²) in [6, 6.07) is 2.30. The van der Waals surface area contributed by atoms with Gasteiger partial charge in [-0.15, -0.1) is 0 Å². The summed E-state index contributed by atoms with van der Waals surface area (Å²) in [6.45, 7) is -0.775. The third-order valence-electron chi connectivity index (χ3n) is 3.78. The zero-order chi connectivity index (χ0) is 18.8. The number of benzene rings is 1. The summed E-state index contributed by atoms with van der Waals surface area (Å²) in [4.78, 5) is 23.8. The zero-order valence-electron chi connectivity index (χ0n) is 12.8. The van der Waals surface area contributed by atoms with E-state index >= 15 is 0 Å². The zero-order valence-corrected chi connectivity index (χ0v) is 14.3. The topological polar surface area (TPSA) is 75.5 Å². The van der Waals surface area contributed by atoms with Gasteiger partial charge in [-0.25, -0.2) is 0 Å². The van der Waals surface area contributed by atoms with Crippen LogP contribution >= 0.6 is 23.2 Å². The molecule has 1 saturated heterocycles. The number of non-ortho nitro benzene ring substituents is 1. The van der Waals surface area contributed by atoms with E-state index < -0.39 is 29.5 Å². The summed E-state index contributed by atoms with van der Waals surface area (Å²) < 4.78 is 36.7. The molecule has 0 radical (unpaired) electrons. The van der Waals surface area contributed by atoms with Crippen molar-refractivity contribution in [3.05, 3.63) is 32.3 Å². The van der Waals surface area contributed by atoms with Crippen LogP contribution in [0.1, 0.15) is 12.8 Å². The fourth-order valence-electron chi connectivity index (χ4n) is 2.69. The smallest absolute Gasteiger partial charge is 0.368 e. The highest BCUT2D eigenvalue weighted by Gasteiger charge is 2.32. The van der Waals surface area contributed by atoms with Crippen molar-refractivity contribution in [2.24, 2.45) is 5.92 Å². The SMILES string of the molecule is O=C(NCC(F)(F)F)C1CCCN(c2c(Cl)cc([N+](=O)[O-])cc2Cl)C1. The van der Waals surface area contributed by atoms with Crippen LogP contribution in [-0.4, -0.2) is 36.6 Å². The summed E-state index contributed by atoms with van der Waals surface area (Å²) in [5, 5.41) is 12.8. The molecule has 138 valence electrons. The molecule has 1 N–H and O–H groups in total. The van der Waals surface area contributed by atoms with Crippen LogP contribution in [0.2, 0.25) is 10.0 Å². The molecule has 0 bridgehead atoms. The van der Waals surface area contributed by atoms with Gasteiger partial charge in [0.15, 0.2) is 0 Å². The molecule has 2 rings (SSSR count). The number of amides is 1. The van der Waals surface area contributed by atoms with Crippen LogP contribution in [0.25, 0.3) is 0 Å². The lowest BCUT2D eigenvalue weighted by Crippen LogP contribution is -2.45. The van der Waals surface area contributed by atoms with Gasteiger partial charge in [0, 0.05) is 25.2 Å². The van der Waals surface area contributed by atoms with Crippen LogP contribution < -0.4 is 10.2 Å². The van der Waals surface area contributed by atoms with Crippen LogP contribution in [0.15, 0.2) is 12.1 Å². The number of piperidine rings is 1. The van der Waals surface area contributed by atoms with Crippen molar-refractivity contribution >= 4 is 40.5 Å². The quantitative estimate of drug-likeness (QED) is 0.617. The summed E-state index contributed by atoms with van der Waals surface area (Å²) in [5.74, 6) is -1.35. The fourth-order valence-corrected chi connectivity index (χ4v) is 3.40.